The predicted molar refractivity (Wildman–Crippen MR) is 82.6 cm³/mol. The number of benzene rings is 1. The van der Waals surface area contributed by atoms with Crippen LogP contribution in [0.2, 0.25) is 0 Å². The summed E-state index contributed by atoms with van der Waals surface area (Å²) in [5.74, 6) is -1.48. The summed E-state index contributed by atoms with van der Waals surface area (Å²) in [4.78, 5) is 25.4. The highest BCUT2D eigenvalue weighted by molar-refractivity contribution is 5.79. The van der Waals surface area contributed by atoms with Gasteiger partial charge in [0.15, 0.2) is 0 Å². The predicted octanol–water partition coefficient (Wildman–Crippen LogP) is 2.13. The molecule has 0 aliphatic carbocycles. The van der Waals surface area contributed by atoms with Crippen molar-refractivity contribution in [2.24, 2.45) is 5.92 Å². The van der Waals surface area contributed by atoms with Gasteiger partial charge in [-0.25, -0.2) is 0 Å². The molecule has 0 bridgehead atoms. The van der Waals surface area contributed by atoms with E-state index in [1.54, 1.807) is 4.90 Å². The van der Waals surface area contributed by atoms with Gasteiger partial charge in [0, 0.05) is 38.6 Å². The van der Waals surface area contributed by atoms with E-state index in [1.165, 1.54) is 0 Å². The van der Waals surface area contributed by atoms with Gasteiger partial charge in [-0.1, -0.05) is 30.3 Å². The van der Waals surface area contributed by atoms with E-state index in [-0.39, 0.29) is 11.8 Å². The molecule has 1 aliphatic heterocycles. The van der Waals surface area contributed by atoms with Crippen LogP contribution in [0.4, 0.5) is 0 Å². The van der Waals surface area contributed by atoms with Crippen LogP contribution in [0.15, 0.2) is 30.3 Å². The van der Waals surface area contributed by atoms with Gasteiger partial charge in [-0.2, -0.15) is 0 Å². The minimum absolute atomic E-state index is 0.0179. The van der Waals surface area contributed by atoms with E-state index in [2.05, 4.69) is 0 Å². The maximum Gasteiger partial charge on any atom is 0.308 e. The Hall–Kier alpha value is -1.88. The summed E-state index contributed by atoms with van der Waals surface area (Å²) in [7, 11) is 0. The molecule has 5 heteroatoms. The molecule has 1 N–H and O–H groups in total. The fourth-order valence-electron chi connectivity index (χ4n) is 2.92. The molecule has 0 aromatic heterocycles. The number of ether oxygens (including phenoxy) is 1. The smallest absolute Gasteiger partial charge is 0.308 e. The quantitative estimate of drug-likeness (QED) is 0.784. The monoisotopic (exact) mass is 305 g/mol. The van der Waals surface area contributed by atoms with Crippen LogP contribution in [0, 0.1) is 5.92 Å². The zero-order valence-electron chi connectivity index (χ0n) is 12.9. The van der Waals surface area contributed by atoms with Gasteiger partial charge in [0.1, 0.15) is 0 Å². The number of amides is 1. The lowest BCUT2D eigenvalue weighted by atomic mass is 9.89. The summed E-state index contributed by atoms with van der Waals surface area (Å²) in [6, 6.07) is 9.58. The fourth-order valence-corrected chi connectivity index (χ4v) is 2.92. The second-order valence-corrected chi connectivity index (χ2v) is 5.56. The lowest BCUT2D eigenvalue weighted by molar-refractivity contribution is -0.141. The third-order valence-corrected chi connectivity index (χ3v) is 4.10. The van der Waals surface area contributed by atoms with Crippen molar-refractivity contribution in [2.45, 2.75) is 25.7 Å². The number of hydrogen-bond donors (Lipinski definition) is 1. The first-order valence-electron chi connectivity index (χ1n) is 7.76. The van der Waals surface area contributed by atoms with Crippen LogP contribution in [-0.2, 0) is 14.3 Å². The molecular formula is C17H23NO4. The van der Waals surface area contributed by atoms with E-state index >= 15 is 0 Å². The average Bonchev–Trinajstić information content (AvgIpc) is 2.98. The summed E-state index contributed by atoms with van der Waals surface area (Å²) >= 11 is 0. The van der Waals surface area contributed by atoms with Crippen LogP contribution in [0.1, 0.15) is 31.2 Å². The first kappa shape index (κ1) is 16.5. The standard InChI is InChI=1S/C17H23NO4/c1-2-22-10-6-9-16(19)18-11-14(15(12-18)17(20)21)13-7-4-3-5-8-13/h3-5,7-8,14-15H,2,6,9-12H2,1H3,(H,20,21). The Balaban J connectivity index is 1.98. The number of hydrogen-bond acceptors (Lipinski definition) is 3. The van der Waals surface area contributed by atoms with Crippen LogP contribution >= 0.6 is 0 Å². The Morgan fingerprint density at radius 1 is 1.27 bits per heavy atom. The van der Waals surface area contributed by atoms with Crippen LogP contribution < -0.4 is 0 Å². The Morgan fingerprint density at radius 2 is 2.00 bits per heavy atom. The molecule has 0 radical (unpaired) electrons. The average molecular weight is 305 g/mol. The molecule has 1 heterocycles. The van der Waals surface area contributed by atoms with Crippen LogP contribution in [-0.4, -0.2) is 48.2 Å². The molecular weight excluding hydrogens is 282 g/mol. The van der Waals surface area contributed by atoms with Crippen LogP contribution in [0.5, 0.6) is 0 Å². The molecule has 1 amide bonds. The van der Waals surface area contributed by atoms with Gasteiger partial charge in [0.2, 0.25) is 5.91 Å². The topological polar surface area (TPSA) is 66.8 Å². The van der Waals surface area contributed by atoms with Crippen molar-refractivity contribution in [3.63, 3.8) is 0 Å². The fraction of sp³-hybridized carbons (Fsp3) is 0.529. The van der Waals surface area contributed by atoms with Crippen LogP contribution in [0.3, 0.4) is 0 Å². The van der Waals surface area contributed by atoms with E-state index in [0.717, 1.165) is 5.56 Å². The molecule has 2 rings (SSSR count). The lowest BCUT2D eigenvalue weighted by Crippen LogP contribution is -2.29. The van der Waals surface area contributed by atoms with Crippen molar-refractivity contribution in [3.8, 4) is 0 Å². The number of carboxylic acid groups (broad SMARTS) is 1. The van der Waals surface area contributed by atoms with Crippen molar-refractivity contribution in [1.29, 1.82) is 0 Å². The molecule has 1 aromatic rings. The van der Waals surface area contributed by atoms with Gasteiger partial charge in [0.25, 0.3) is 0 Å². The number of carbonyl (C=O) groups is 2. The number of carboxylic acids is 1. The molecule has 1 saturated heterocycles. The van der Waals surface area contributed by atoms with E-state index in [1.807, 2.05) is 37.3 Å². The number of aliphatic carboxylic acids is 1. The molecule has 2 atom stereocenters. The Kier molecular flexibility index (Phi) is 5.95. The minimum atomic E-state index is -0.835. The Morgan fingerprint density at radius 3 is 2.64 bits per heavy atom. The molecule has 1 fully saturated rings. The summed E-state index contributed by atoms with van der Waals surface area (Å²) in [6.45, 7) is 3.91. The highest BCUT2D eigenvalue weighted by atomic mass is 16.5. The molecule has 1 aromatic carbocycles. The van der Waals surface area contributed by atoms with Crippen molar-refractivity contribution >= 4 is 11.9 Å². The highest BCUT2D eigenvalue weighted by Crippen LogP contribution is 2.33. The number of carbonyl (C=O) groups excluding carboxylic acids is 1. The zero-order valence-corrected chi connectivity index (χ0v) is 12.9. The van der Waals surface area contributed by atoms with Gasteiger partial charge in [0.05, 0.1) is 5.92 Å². The van der Waals surface area contributed by atoms with E-state index < -0.39 is 11.9 Å². The molecule has 120 valence electrons. The van der Waals surface area contributed by atoms with Gasteiger partial charge in [-0.15, -0.1) is 0 Å². The first-order valence-corrected chi connectivity index (χ1v) is 7.76. The third-order valence-electron chi connectivity index (χ3n) is 4.10. The van der Waals surface area contributed by atoms with Gasteiger partial charge in [-0.05, 0) is 18.9 Å². The second kappa shape index (κ2) is 7.94. The Labute approximate surface area is 130 Å². The molecule has 22 heavy (non-hydrogen) atoms. The Bertz CT molecular complexity index is 503. The largest absolute Gasteiger partial charge is 0.481 e. The molecule has 1 aliphatic rings. The van der Waals surface area contributed by atoms with E-state index in [4.69, 9.17) is 4.74 Å². The highest BCUT2D eigenvalue weighted by Gasteiger charge is 2.40. The summed E-state index contributed by atoms with van der Waals surface area (Å²) in [5, 5.41) is 9.43. The SMILES string of the molecule is CCOCCCC(=O)N1CC(C(=O)O)C(c2ccccc2)C1. The number of nitrogens with zero attached hydrogens (tertiary/aromatic N) is 1. The molecule has 0 spiro atoms. The summed E-state index contributed by atoms with van der Waals surface area (Å²) in [5.41, 5.74) is 0.986. The van der Waals surface area contributed by atoms with E-state index in [0.29, 0.717) is 39.1 Å². The second-order valence-electron chi connectivity index (χ2n) is 5.56. The van der Waals surface area contributed by atoms with Crippen molar-refractivity contribution in [2.75, 3.05) is 26.3 Å². The maximum atomic E-state index is 12.2. The lowest BCUT2D eigenvalue weighted by Gasteiger charge is -2.16. The summed E-state index contributed by atoms with van der Waals surface area (Å²) < 4.78 is 5.23. The van der Waals surface area contributed by atoms with Gasteiger partial charge < -0.3 is 14.7 Å². The normalized spacial score (nSPS) is 21.0. The molecule has 0 saturated carbocycles. The van der Waals surface area contributed by atoms with Crippen molar-refractivity contribution in [1.82, 2.24) is 4.90 Å². The maximum absolute atomic E-state index is 12.2. The van der Waals surface area contributed by atoms with Crippen molar-refractivity contribution in [3.05, 3.63) is 35.9 Å². The molecule has 5 nitrogen and oxygen atoms in total. The zero-order chi connectivity index (χ0) is 15.9. The van der Waals surface area contributed by atoms with Crippen LogP contribution in [0.25, 0.3) is 0 Å². The van der Waals surface area contributed by atoms with E-state index in [9.17, 15) is 14.7 Å². The number of likely N-dealkylation sites (tertiary alicyclic amines) is 1. The molecule has 2 unspecified atom stereocenters. The summed E-state index contributed by atoms with van der Waals surface area (Å²) in [6.07, 6.45) is 1.09. The minimum Gasteiger partial charge on any atom is -0.481 e. The third kappa shape index (κ3) is 4.07. The first-order chi connectivity index (χ1) is 10.6. The van der Waals surface area contributed by atoms with Crippen molar-refractivity contribution < 1.29 is 19.4 Å². The van der Waals surface area contributed by atoms with Gasteiger partial charge in [-0.3, -0.25) is 9.59 Å². The van der Waals surface area contributed by atoms with Gasteiger partial charge >= 0.3 is 5.97 Å². The number of rotatable bonds is 7.